The van der Waals surface area contributed by atoms with E-state index in [0.29, 0.717) is 6.54 Å². The Morgan fingerprint density at radius 1 is 1.53 bits per heavy atom. The number of aryl methyl sites for hydroxylation is 2. The van der Waals surface area contributed by atoms with Crippen molar-refractivity contribution in [3.8, 4) is 0 Å². The normalized spacial score (nSPS) is 19.1. The molecule has 1 aliphatic rings. The first-order valence-electron chi connectivity index (χ1n) is 6.77. The molecular weight excluding hydrogens is 280 g/mol. The molecule has 1 atom stereocenters. The second kappa shape index (κ2) is 7.27. The molecule has 1 fully saturated rings. The Kier molecular flexibility index (Phi) is 6.30. The third-order valence-corrected chi connectivity index (χ3v) is 5.08. The molecule has 0 bridgehead atoms. The summed E-state index contributed by atoms with van der Waals surface area (Å²) in [7, 11) is 0. The van der Waals surface area contributed by atoms with Crippen molar-refractivity contribution < 1.29 is 4.79 Å². The van der Waals surface area contributed by atoms with E-state index in [1.807, 2.05) is 11.0 Å². The van der Waals surface area contributed by atoms with Gasteiger partial charge in [0.1, 0.15) is 0 Å². The highest BCUT2D eigenvalue weighted by molar-refractivity contribution is 7.14. The molecule has 0 saturated carbocycles. The fourth-order valence-corrected chi connectivity index (χ4v) is 3.70. The van der Waals surface area contributed by atoms with Crippen LogP contribution in [-0.4, -0.2) is 29.9 Å². The summed E-state index contributed by atoms with van der Waals surface area (Å²) >= 11 is 1.64. The van der Waals surface area contributed by atoms with E-state index in [1.165, 1.54) is 16.9 Å². The van der Waals surface area contributed by atoms with Crippen LogP contribution in [-0.2, 0) is 6.42 Å². The quantitative estimate of drug-likeness (QED) is 0.933. The molecule has 1 aliphatic heterocycles. The van der Waals surface area contributed by atoms with Crippen LogP contribution in [0.3, 0.4) is 0 Å². The van der Waals surface area contributed by atoms with Crippen LogP contribution < -0.4 is 5.73 Å². The molecule has 1 aromatic heterocycles. The van der Waals surface area contributed by atoms with Crippen LogP contribution in [0.4, 0.5) is 0 Å². The number of halogens is 1. The fraction of sp³-hybridized carbons (Fsp3) is 0.643. The molecule has 19 heavy (non-hydrogen) atoms. The van der Waals surface area contributed by atoms with E-state index < -0.39 is 0 Å². The van der Waals surface area contributed by atoms with E-state index in [9.17, 15) is 4.79 Å². The van der Waals surface area contributed by atoms with Gasteiger partial charge in [-0.1, -0.05) is 6.92 Å². The highest BCUT2D eigenvalue weighted by Gasteiger charge is 2.27. The maximum Gasteiger partial charge on any atom is 0.264 e. The molecule has 5 heteroatoms. The number of rotatable bonds is 3. The van der Waals surface area contributed by atoms with Gasteiger partial charge in [-0.15, -0.1) is 23.7 Å². The van der Waals surface area contributed by atoms with Crippen LogP contribution in [0.5, 0.6) is 0 Å². The standard InChI is InChI=1S/C14H22N2OS.ClH/c1-3-12-10(2)8-13(18-12)14(17)16-7-5-4-6-11(16)9-15;/h8,11H,3-7,9,15H2,1-2H3;1H. The number of hydrogen-bond donors (Lipinski definition) is 1. The number of thiophene rings is 1. The van der Waals surface area contributed by atoms with E-state index in [0.717, 1.165) is 30.7 Å². The maximum absolute atomic E-state index is 12.5. The number of amides is 1. The van der Waals surface area contributed by atoms with Gasteiger partial charge in [0.05, 0.1) is 4.88 Å². The zero-order valence-corrected chi connectivity index (χ0v) is 13.3. The average Bonchev–Trinajstić information content (AvgIpc) is 2.79. The molecule has 1 saturated heterocycles. The molecule has 0 aliphatic carbocycles. The van der Waals surface area contributed by atoms with Crippen molar-refractivity contribution in [1.82, 2.24) is 4.90 Å². The molecular formula is C14H23ClN2OS. The molecule has 2 rings (SSSR count). The summed E-state index contributed by atoms with van der Waals surface area (Å²) in [5.74, 6) is 0.179. The Morgan fingerprint density at radius 2 is 2.26 bits per heavy atom. The van der Waals surface area contributed by atoms with Crippen molar-refractivity contribution in [3.63, 3.8) is 0 Å². The Morgan fingerprint density at radius 3 is 2.84 bits per heavy atom. The maximum atomic E-state index is 12.5. The first-order chi connectivity index (χ1) is 8.67. The minimum absolute atomic E-state index is 0. The van der Waals surface area contributed by atoms with Gasteiger partial charge in [0, 0.05) is 24.0 Å². The summed E-state index contributed by atoms with van der Waals surface area (Å²) in [4.78, 5) is 16.7. The van der Waals surface area contributed by atoms with Gasteiger partial charge in [-0.05, 0) is 44.2 Å². The topological polar surface area (TPSA) is 46.3 Å². The van der Waals surface area contributed by atoms with Crippen LogP contribution >= 0.6 is 23.7 Å². The van der Waals surface area contributed by atoms with E-state index in [-0.39, 0.29) is 24.4 Å². The van der Waals surface area contributed by atoms with Crippen LogP contribution in [0.15, 0.2) is 6.07 Å². The lowest BCUT2D eigenvalue weighted by atomic mass is 10.0. The number of piperidine rings is 1. The molecule has 1 amide bonds. The first kappa shape index (κ1) is 16.5. The molecule has 1 unspecified atom stereocenters. The third-order valence-electron chi connectivity index (χ3n) is 3.71. The number of nitrogens with zero attached hydrogens (tertiary/aromatic N) is 1. The van der Waals surface area contributed by atoms with Gasteiger partial charge in [-0.25, -0.2) is 0 Å². The first-order valence-corrected chi connectivity index (χ1v) is 7.59. The second-order valence-corrected chi connectivity index (χ2v) is 6.09. The van der Waals surface area contributed by atoms with Crippen LogP contribution in [0.1, 0.15) is 46.3 Å². The number of carbonyl (C=O) groups excluding carboxylic acids is 1. The summed E-state index contributed by atoms with van der Waals surface area (Å²) in [6.07, 6.45) is 4.35. The largest absolute Gasteiger partial charge is 0.334 e. The smallest absolute Gasteiger partial charge is 0.264 e. The summed E-state index contributed by atoms with van der Waals surface area (Å²) in [6, 6.07) is 2.27. The Hall–Kier alpha value is -0.580. The summed E-state index contributed by atoms with van der Waals surface area (Å²) in [5.41, 5.74) is 7.02. The molecule has 0 radical (unpaired) electrons. The summed E-state index contributed by atoms with van der Waals surface area (Å²) in [6.45, 7) is 5.66. The fourth-order valence-electron chi connectivity index (χ4n) is 2.63. The second-order valence-electron chi connectivity index (χ2n) is 4.95. The number of carbonyl (C=O) groups is 1. The van der Waals surface area contributed by atoms with Gasteiger partial charge in [-0.2, -0.15) is 0 Å². The van der Waals surface area contributed by atoms with Crippen LogP contribution in [0.25, 0.3) is 0 Å². The summed E-state index contributed by atoms with van der Waals surface area (Å²) < 4.78 is 0. The number of nitrogens with two attached hydrogens (primary N) is 1. The van der Waals surface area contributed by atoms with Gasteiger partial charge in [0.15, 0.2) is 0 Å². The van der Waals surface area contributed by atoms with Crippen molar-refractivity contribution in [2.75, 3.05) is 13.1 Å². The Balaban J connectivity index is 0.00000180. The zero-order valence-electron chi connectivity index (χ0n) is 11.6. The van der Waals surface area contributed by atoms with E-state index >= 15 is 0 Å². The van der Waals surface area contributed by atoms with Crippen molar-refractivity contribution in [1.29, 1.82) is 0 Å². The number of likely N-dealkylation sites (tertiary alicyclic amines) is 1. The highest BCUT2D eigenvalue weighted by atomic mass is 35.5. The van der Waals surface area contributed by atoms with E-state index in [2.05, 4.69) is 13.8 Å². The van der Waals surface area contributed by atoms with Crippen molar-refractivity contribution in [3.05, 3.63) is 21.4 Å². The van der Waals surface area contributed by atoms with E-state index in [4.69, 9.17) is 5.73 Å². The van der Waals surface area contributed by atoms with Gasteiger partial charge in [0.2, 0.25) is 0 Å². The zero-order chi connectivity index (χ0) is 13.1. The third kappa shape index (κ3) is 3.50. The highest BCUT2D eigenvalue weighted by Crippen LogP contribution is 2.26. The molecule has 0 aromatic carbocycles. The van der Waals surface area contributed by atoms with E-state index in [1.54, 1.807) is 11.3 Å². The molecule has 1 aromatic rings. The minimum Gasteiger partial charge on any atom is -0.334 e. The van der Waals surface area contributed by atoms with Gasteiger partial charge < -0.3 is 10.6 Å². The minimum atomic E-state index is 0. The number of hydrogen-bond acceptors (Lipinski definition) is 3. The molecule has 0 spiro atoms. The predicted octanol–water partition coefficient (Wildman–Crippen LogP) is 2.99. The van der Waals surface area contributed by atoms with Crippen LogP contribution in [0, 0.1) is 6.92 Å². The lowest BCUT2D eigenvalue weighted by Crippen LogP contribution is -2.47. The summed E-state index contributed by atoms with van der Waals surface area (Å²) in [5, 5.41) is 0. The average molecular weight is 303 g/mol. The molecule has 108 valence electrons. The van der Waals surface area contributed by atoms with Gasteiger partial charge >= 0.3 is 0 Å². The van der Waals surface area contributed by atoms with Crippen molar-refractivity contribution >= 4 is 29.7 Å². The SMILES string of the molecule is CCc1sc(C(=O)N2CCCCC2CN)cc1C.Cl. The van der Waals surface area contributed by atoms with Crippen molar-refractivity contribution in [2.45, 2.75) is 45.6 Å². The predicted molar refractivity (Wildman–Crippen MR) is 83.4 cm³/mol. The lowest BCUT2D eigenvalue weighted by Gasteiger charge is -2.34. The Labute approximate surface area is 125 Å². The van der Waals surface area contributed by atoms with Crippen molar-refractivity contribution in [2.24, 2.45) is 5.73 Å². The molecule has 2 N–H and O–H groups in total. The lowest BCUT2D eigenvalue weighted by molar-refractivity contribution is 0.0628. The van der Waals surface area contributed by atoms with Crippen LogP contribution in [0.2, 0.25) is 0 Å². The Bertz CT molecular complexity index is 433. The molecule has 3 nitrogen and oxygen atoms in total. The van der Waals surface area contributed by atoms with Gasteiger partial charge in [0.25, 0.3) is 5.91 Å². The van der Waals surface area contributed by atoms with Gasteiger partial charge in [-0.3, -0.25) is 4.79 Å². The molecule has 2 heterocycles. The monoisotopic (exact) mass is 302 g/mol.